The monoisotopic (exact) mass is 384 g/mol. The number of benzene rings is 1. The minimum atomic E-state index is -4.98. The minimum absolute atomic E-state index is 0.0830. The number of piperazine rings is 1. The molecule has 1 saturated heterocycles. The van der Waals surface area contributed by atoms with Crippen LogP contribution < -0.4 is 10.3 Å². The topological polar surface area (TPSA) is 59.1 Å². The third-order valence-corrected chi connectivity index (χ3v) is 4.85. The van der Waals surface area contributed by atoms with Gasteiger partial charge in [-0.3, -0.25) is 15.1 Å². The van der Waals surface area contributed by atoms with E-state index in [0.717, 1.165) is 31.9 Å². The third-order valence-electron chi connectivity index (χ3n) is 4.85. The van der Waals surface area contributed by atoms with Gasteiger partial charge in [0.25, 0.3) is 5.72 Å². The van der Waals surface area contributed by atoms with Gasteiger partial charge in [0.05, 0.1) is 0 Å². The van der Waals surface area contributed by atoms with Crippen molar-refractivity contribution in [2.45, 2.75) is 25.2 Å². The van der Waals surface area contributed by atoms with Crippen LogP contribution in [0.3, 0.4) is 0 Å². The number of alkyl halides is 3. The van der Waals surface area contributed by atoms with Crippen molar-refractivity contribution in [2.24, 2.45) is 0 Å². The van der Waals surface area contributed by atoms with Crippen LogP contribution in [-0.4, -0.2) is 65.5 Å². The van der Waals surface area contributed by atoms with Gasteiger partial charge in [-0.1, -0.05) is 18.2 Å². The molecule has 2 heterocycles. The molecule has 27 heavy (non-hydrogen) atoms. The van der Waals surface area contributed by atoms with Gasteiger partial charge in [0.15, 0.2) is 0 Å². The van der Waals surface area contributed by atoms with E-state index >= 15 is 0 Å². The van der Waals surface area contributed by atoms with Crippen molar-refractivity contribution in [2.75, 3.05) is 37.6 Å². The van der Waals surface area contributed by atoms with Crippen molar-refractivity contribution in [3.63, 3.8) is 0 Å². The summed E-state index contributed by atoms with van der Waals surface area (Å²) in [7, 11) is 0. The molecule has 1 aromatic carbocycles. The zero-order valence-electron chi connectivity index (χ0n) is 15.0. The fourth-order valence-electron chi connectivity index (χ4n) is 3.36. The SMILES string of the molecule is CC1=C[C@](O)(C(F)(F)F)N(C(=O)CCN2CCN(c3ccccc3)CC2)N1. The Labute approximate surface area is 155 Å². The molecule has 0 unspecified atom stereocenters. The van der Waals surface area contributed by atoms with E-state index in [-0.39, 0.29) is 17.1 Å². The van der Waals surface area contributed by atoms with E-state index in [1.54, 1.807) is 0 Å². The number of para-hydroxylation sites is 1. The zero-order chi connectivity index (χ0) is 19.7. The molecule has 0 aliphatic carbocycles. The molecule has 2 aliphatic rings. The lowest BCUT2D eigenvalue weighted by Gasteiger charge is -2.37. The smallest absolute Gasteiger partial charge is 0.369 e. The first-order chi connectivity index (χ1) is 12.7. The van der Waals surface area contributed by atoms with Gasteiger partial charge in [0.1, 0.15) is 0 Å². The lowest BCUT2D eigenvalue weighted by Crippen LogP contribution is -2.60. The van der Waals surface area contributed by atoms with Gasteiger partial charge in [-0.05, 0) is 25.1 Å². The van der Waals surface area contributed by atoms with E-state index in [1.807, 2.05) is 35.2 Å². The van der Waals surface area contributed by atoms with Gasteiger partial charge in [-0.15, -0.1) is 0 Å². The van der Waals surface area contributed by atoms with Crippen molar-refractivity contribution in [1.82, 2.24) is 15.3 Å². The maximum atomic E-state index is 13.2. The van der Waals surface area contributed by atoms with E-state index < -0.39 is 17.8 Å². The van der Waals surface area contributed by atoms with Crippen molar-refractivity contribution in [1.29, 1.82) is 0 Å². The average Bonchev–Trinajstić information content (AvgIpc) is 2.96. The molecule has 6 nitrogen and oxygen atoms in total. The third kappa shape index (κ3) is 4.03. The number of halogens is 3. The predicted molar refractivity (Wildman–Crippen MR) is 94.5 cm³/mol. The number of hydrazine groups is 1. The highest BCUT2D eigenvalue weighted by Gasteiger charge is 2.61. The maximum absolute atomic E-state index is 13.2. The summed E-state index contributed by atoms with van der Waals surface area (Å²) in [5, 5.41) is 10.2. The first-order valence-corrected chi connectivity index (χ1v) is 8.81. The predicted octanol–water partition coefficient (Wildman–Crippen LogP) is 1.70. The summed E-state index contributed by atoms with van der Waals surface area (Å²) >= 11 is 0. The molecule has 9 heteroatoms. The summed E-state index contributed by atoms with van der Waals surface area (Å²) in [4.78, 5) is 16.6. The standard InChI is InChI=1S/C18H23F3N4O2/c1-14-13-17(27,18(19,20)21)25(22-14)16(26)7-8-23-9-11-24(12-10-23)15-5-3-2-4-6-15/h2-6,13,22,27H,7-12H2,1H3/t17-/m0/s1. The fourth-order valence-corrected chi connectivity index (χ4v) is 3.36. The molecule has 148 valence electrons. The van der Waals surface area contributed by atoms with Gasteiger partial charge >= 0.3 is 6.18 Å². The van der Waals surface area contributed by atoms with Crippen LogP contribution in [0.4, 0.5) is 18.9 Å². The number of hydrogen-bond acceptors (Lipinski definition) is 5. The number of rotatable bonds is 4. The number of carbonyl (C=O) groups excluding carboxylic acids is 1. The summed E-state index contributed by atoms with van der Waals surface area (Å²) in [5.74, 6) is -0.798. The van der Waals surface area contributed by atoms with E-state index in [0.29, 0.717) is 12.6 Å². The minimum Gasteiger partial charge on any atom is -0.369 e. The Hall–Kier alpha value is -2.26. The van der Waals surface area contributed by atoms with Gasteiger partial charge in [0, 0.05) is 50.5 Å². The first kappa shape index (κ1) is 19.5. The summed E-state index contributed by atoms with van der Waals surface area (Å²) in [6.07, 6.45) is -4.48. The average molecular weight is 384 g/mol. The molecule has 2 aliphatic heterocycles. The highest BCUT2D eigenvalue weighted by Crippen LogP contribution is 2.37. The Morgan fingerprint density at radius 3 is 2.41 bits per heavy atom. The van der Waals surface area contributed by atoms with E-state index in [1.165, 1.54) is 6.92 Å². The Balaban J connectivity index is 1.52. The summed E-state index contributed by atoms with van der Waals surface area (Å²) in [6, 6.07) is 9.97. The second kappa shape index (κ2) is 7.40. The Morgan fingerprint density at radius 2 is 1.81 bits per heavy atom. The zero-order valence-corrected chi connectivity index (χ0v) is 15.0. The van der Waals surface area contributed by atoms with Crippen molar-refractivity contribution < 1.29 is 23.1 Å². The Bertz CT molecular complexity index is 702. The largest absolute Gasteiger partial charge is 0.442 e. The molecule has 0 aromatic heterocycles. The molecular formula is C18H23F3N4O2. The van der Waals surface area contributed by atoms with E-state index in [9.17, 15) is 23.1 Å². The molecule has 1 amide bonds. The normalized spacial score (nSPS) is 24.0. The van der Waals surface area contributed by atoms with Crippen LogP contribution >= 0.6 is 0 Å². The van der Waals surface area contributed by atoms with Gasteiger partial charge in [-0.2, -0.15) is 13.2 Å². The number of hydrogen-bond donors (Lipinski definition) is 2. The van der Waals surface area contributed by atoms with Crippen LogP contribution in [0.5, 0.6) is 0 Å². The molecular weight excluding hydrogens is 361 g/mol. The number of allylic oxidation sites excluding steroid dienone is 1. The quantitative estimate of drug-likeness (QED) is 0.828. The number of amides is 1. The van der Waals surface area contributed by atoms with Gasteiger partial charge in [-0.25, -0.2) is 5.01 Å². The maximum Gasteiger partial charge on any atom is 0.442 e. The fraction of sp³-hybridized carbons (Fsp3) is 0.500. The first-order valence-electron chi connectivity index (χ1n) is 8.81. The second-order valence-corrected chi connectivity index (χ2v) is 6.81. The molecule has 2 N–H and O–H groups in total. The number of nitrogens with zero attached hydrogens (tertiary/aromatic N) is 3. The molecule has 3 rings (SSSR count). The highest BCUT2D eigenvalue weighted by atomic mass is 19.4. The van der Waals surface area contributed by atoms with Crippen LogP contribution in [0.1, 0.15) is 13.3 Å². The molecule has 0 spiro atoms. The molecule has 1 atom stereocenters. The highest BCUT2D eigenvalue weighted by molar-refractivity contribution is 5.77. The Morgan fingerprint density at radius 1 is 1.19 bits per heavy atom. The van der Waals surface area contributed by atoms with E-state index in [4.69, 9.17) is 0 Å². The molecule has 0 bridgehead atoms. The number of nitrogens with one attached hydrogen (secondary N) is 1. The van der Waals surface area contributed by atoms with Gasteiger partial charge < -0.3 is 10.0 Å². The Kier molecular flexibility index (Phi) is 5.34. The second-order valence-electron chi connectivity index (χ2n) is 6.81. The van der Waals surface area contributed by atoms with Crippen LogP contribution in [0.15, 0.2) is 42.1 Å². The molecule has 1 fully saturated rings. The van der Waals surface area contributed by atoms with Crippen LogP contribution in [-0.2, 0) is 4.79 Å². The summed E-state index contributed by atoms with van der Waals surface area (Å²) < 4.78 is 39.6. The van der Waals surface area contributed by atoms with Crippen molar-refractivity contribution in [3.05, 3.63) is 42.1 Å². The summed E-state index contributed by atoms with van der Waals surface area (Å²) in [6.45, 7) is 4.72. The molecule has 1 aromatic rings. The number of anilines is 1. The van der Waals surface area contributed by atoms with E-state index in [2.05, 4.69) is 10.3 Å². The van der Waals surface area contributed by atoms with Crippen LogP contribution in [0.25, 0.3) is 0 Å². The molecule has 0 radical (unpaired) electrons. The number of aliphatic hydroxyl groups is 1. The van der Waals surface area contributed by atoms with Crippen molar-refractivity contribution >= 4 is 11.6 Å². The lowest BCUT2D eigenvalue weighted by molar-refractivity contribution is -0.289. The van der Waals surface area contributed by atoms with Crippen LogP contribution in [0.2, 0.25) is 0 Å². The van der Waals surface area contributed by atoms with Crippen molar-refractivity contribution in [3.8, 4) is 0 Å². The van der Waals surface area contributed by atoms with Crippen LogP contribution in [0, 0.1) is 0 Å². The number of carbonyl (C=O) groups is 1. The lowest BCUT2D eigenvalue weighted by atomic mass is 10.1. The van der Waals surface area contributed by atoms with Gasteiger partial charge in [0.2, 0.25) is 5.91 Å². The molecule has 0 saturated carbocycles. The summed E-state index contributed by atoms with van der Waals surface area (Å²) in [5.41, 5.74) is 0.224.